The number of nitrogens with zero attached hydrogens (tertiary/aromatic N) is 1. The molecule has 9 heteroatoms. The monoisotopic (exact) mass is 479 g/mol. The fourth-order valence-corrected chi connectivity index (χ4v) is 3.63. The van der Waals surface area contributed by atoms with E-state index in [1.165, 1.54) is 12.0 Å². The van der Waals surface area contributed by atoms with Gasteiger partial charge in [0.1, 0.15) is 5.75 Å². The van der Waals surface area contributed by atoms with Crippen LogP contribution in [0.5, 0.6) is 5.75 Å². The van der Waals surface area contributed by atoms with E-state index in [0.29, 0.717) is 11.1 Å². The number of aryl methyl sites for hydroxylation is 1. The van der Waals surface area contributed by atoms with Crippen molar-refractivity contribution in [2.24, 2.45) is 0 Å². The zero-order valence-electron chi connectivity index (χ0n) is 17.7. The van der Waals surface area contributed by atoms with E-state index in [4.69, 9.17) is 4.74 Å². The molecule has 1 aliphatic rings. The van der Waals surface area contributed by atoms with Crippen molar-refractivity contribution in [3.8, 4) is 5.75 Å². The average Bonchev–Trinajstić information content (AvgIpc) is 2.80. The fourth-order valence-electron chi connectivity index (χ4n) is 3.16. The molecule has 0 aromatic heterocycles. The van der Waals surface area contributed by atoms with Crippen molar-refractivity contribution < 1.29 is 30.6 Å². The van der Waals surface area contributed by atoms with Crippen LogP contribution >= 0.6 is 0 Å². The Balaban J connectivity index is 0.000000252. The number of alkyl halides is 3. The molecule has 1 aliphatic heterocycles. The summed E-state index contributed by atoms with van der Waals surface area (Å²) in [5.74, 6) is 1.08. The maximum Gasteiger partial charge on any atom is 0.524 e. The van der Waals surface area contributed by atoms with Gasteiger partial charge in [0.15, 0.2) is 0 Å². The summed E-state index contributed by atoms with van der Waals surface area (Å²) < 4.78 is 69.8. The highest BCUT2D eigenvalue weighted by Crippen LogP contribution is 2.27. The molecule has 0 atom stereocenters. The van der Waals surface area contributed by atoms with E-state index in [2.05, 4.69) is 16.4 Å². The summed E-state index contributed by atoms with van der Waals surface area (Å²) in [4.78, 5) is 0. The van der Waals surface area contributed by atoms with Gasteiger partial charge in [-0.05, 0) is 35.6 Å². The van der Waals surface area contributed by atoms with Crippen LogP contribution in [-0.4, -0.2) is 25.6 Å². The second-order valence-corrected chi connectivity index (χ2v) is 8.82. The smallest absolute Gasteiger partial charge is 0.493 e. The van der Waals surface area contributed by atoms with E-state index in [0.717, 1.165) is 23.8 Å². The lowest BCUT2D eigenvalue weighted by Crippen LogP contribution is -2.34. The topological polar surface area (TPSA) is 55.8 Å². The molecule has 3 aromatic carbocycles. The minimum atomic E-state index is -5.71. The maximum absolute atomic E-state index is 12.5. The van der Waals surface area contributed by atoms with Crippen LogP contribution in [0.2, 0.25) is 0 Å². The number of rotatable bonds is 6. The highest BCUT2D eigenvalue weighted by molar-refractivity contribution is 7.87. The lowest BCUT2D eigenvalue weighted by Gasteiger charge is -2.22. The van der Waals surface area contributed by atoms with Crippen molar-refractivity contribution in [2.45, 2.75) is 31.4 Å². The Bertz CT molecular complexity index is 1040. The third kappa shape index (κ3) is 7.59. The van der Waals surface area contributed by atoms with E-state index in [1.54, 1.807) is 60.7 Å². The van der Waals surface area contributed by atoms with Crippen LogP contribution in [0.1, 0.15) is 23.1 Å². The largest absolute Gasteiger partial charge is 0.524 e. The van der Waals surface area contributed by atoms with Crippen LogP contribution in [0.25, 0.3) is 0 Å². The fraction of sp³-hybridized carbons (Fsp3) is 0.250. The molecule has 1 heterocycles. The quantitative estimate of drug-likeness (QED) is 0.346. The van der Waals surface area contributed by atoms with Crippen LogP contribution in [0.15, 0.2) is 84.9 Å². The summed E-state index contributed by atoms with van der Waals surface area (Å²) in [6.45, 7) is 0.674. The molecule has 0 amide bonds. The number of benzene rings is 3. The van der Waals surface area contributed by atoms with E-state index in [-0.39, 0.29) is 13.1 Å². The number of ether oxygens (including phenoxy) is 1. The molecule has 0 fully saturated rings. The maximum atomic E-state index is 12.5. The van der Waals surface area contributed by atoms with Gasteiger partial charge >= 0.3 is 15.6 Å². The molecule has 4 rings (SSSR count). The summed E-state index contributed by atoms with van der Waals surface area (Å²) in [6, 6.07) is 25.2. The van der Waals surface area contributed by atoms with Crippen molar-refractivity contribution in [3.05, 3.63) is 102 Å². The van der Waals surface area contributed by atoms with Gasteiger partial charge in [-0.1, -0.05) is 78.9 Å². The molecule has 3 aromatic rings. The van der Waals surface area contributed by atoms with Gasteiger partial charge in [0.05, 0.1) is 19.7 Å². The lowest BCUT2D eigenvalue weighted by atomic mass is 10.1. The number of hydroxylamine groups is 2. The van der Waals surface area contributed by atoms with Gasteiger partial charge in [-0.15, -0.1) is 0 Å². The SMILES string of the molecule is O=S(=O)(ON(Cc1ccccc1)Cc1ccccc1)C(F)(F)F.c1ccc2c(c1)CCCO2. The van der Waals surface area contributed by atoms with Crippen molar-refractivity contribution >= 4 is 10.1 Å². The van der Waals surface area contributed by atoms with Crippen molar-refractivity contribution in [3.63, 3.8) is 0 Å². The van der Waals surface area contributed by atoms with Gasteiger partial charge in [0.2, 0.25) is 0 Å². The summed E-state index contributed by atoms with van der Waals surface area (Å²) in [5.41, 5.74) is -2.87. The first-order chi connectivity index (χ1) is 15.7. The van der Waals surface area contributed by atoms with Gasteiger partial charge in [-0.3, -0.25) is 0 Å². The third-order valence-electron chi connectivity index (χ3n) is 4.71. The van der Waals surface area contributed by atoms with Crippen LogP contribution in [0.3, 0.4) is 0 Å². The highest BCUT2D eigenvalue weighted by Gasteiger charge is 2.48. The molecule has 0 radical (unpaired) electrons. The zero-order chi connectivity index (χ0) is 23.7. The zero-order valence-corrected chi connectivity index (χ0v) is 18.6. The third-order valence-corrected chi connectivity index (χ3v) is 5.69. The molecular weight excluding hydrogens is 455 g/mol. The normalized spacial score (nSPS) is 13.5. The van der Waals surface area contributed by atoms with Crippen molar-refractivity contribution in [2.75, 3.05) is 6.61 Å². The lowest BCUT2D eigenvalue weighted by molar-refractivity contribution is -0.111. The molecule has 5 nitrogen and oxygen atoms in total. The Morgan fingerprint density at radius 2 is 1.33 bits per heavy atom. The number of hydrogen-bond acceptors (Lipinski definition) is 5. The Labute approximate surface area is 191 Å². The minimum Gasteiger partial charge on any atom is -0.493 e. The van der Waals surface area contributed by atoms with Gasteiger partial charge in [0, 0.05) is 0 Å². The Morgan fingerprint density at radius 1 is 0.818 bits per heavy atom. The van der Waals surface area contributed by atoms with E-state index < -0.39 is 15.6 Å². The van der Waals surface area contributed by atoms with Crippen LogP contribution in [0.4, 0.5) is 13.2 Å². The van der Waals surface area contributed by atoms with Crippen molar-refractivity contribution in [1.82, 2.24) is 5.06 Å². The average molecular weight is 480 g/mol. The molecule has 176 valence electrons. The molecular formula is C24H24F3NO4S. The second-order valence-electron chi connectivity index (χ2n) is 7.30. The Morgan fingerprint density at radius 3 is 1.85 bits per heavy atom. The first kappa shape index (κ1) is 24.8. The number of hydrogen-bond donors (Lipinski definition) is 0. The van der Waals surface area contributed by atoms with Crippen LogP contribution < -0.4 is 4.74 Å². The Kier molecular flexibility index (Phi) is 8.49. The predicted octanol–water partition coefficient (Wildman–Crippen LogP) is 5.48. The molecule has 0 saturated carbocycles. The number of para-hydroxylation sites is 1. The van der Waals surface area contributed by atoms with Gasteiger partial charge < -0.3 is 4.74 Å². The molecule has 0 saturated heterocycles. The first-order valence-corrected chi connectivity index (χ1v) is 11.7. The molecule has 0 aliphatic carbocycles. The van der Waals surface area contributed by atoms with Crippen LogP contribution in [-0.2, 0) is 33.9 Å². The van der Waals surface area contributed by atoms with Crippen molar-refractivity contribution in [1.29, 1.82) is 0 Å². The summed E-state index contributed by atoms with van der Waals surface area (Å²) in [5, 5.41) is 0.771. The summed E-state index contributed by atoms with van der Waals surface area (Å²) >= 11 is 0. The predicted molar refractivity (Wildman–Crippen MR) is 118 cm³/mol. The second kappa shape index (κ2) is 11.3. The molecule has 0 bridgehead atoms. The number of halogens is 3. The molecule has 0 spiro atoms. The Hall–Kier alpha value is -2.88. The van der Waals surface area contributed by atoms with Gasteiger partial charge in [-0.25, -0.2) is 0 Å². The standard InChI is InChI=1S/C15H14F3NO3S.C9H10O/c16-15(17,18)23(20,21)22-19(11-13-7-3-1-4-8-13)12-14-9-5-2-6-10-14;1-2-6-9-8(4-1)5-3-7-10-9/h1-10H,11-12H2;1-2,4,6H,3,5,7H2. The van der Waals surface area contributed by atoms with E-state index in [9.17, 15) is 21.6 Å². The minimum absolute atomic E-state index is 0.106. The van der Waals surface area contributed by atoms with E-state index >= 15 is 0 Å². The molecule has 33 heavy (non-hydrogen) atoms. The van der Waals surface area contributed by atoms with Gasteiger partial charge in [0.25, 0.3) is 0 Å². The number of fused-ring (bicyclic) bond motifs is 1. The molecule has 0 unspecified atom stereocenters. The molecule has 0 N–H and O–H groups in total. The summed E-state index contributed by atoms with van der Waals surface area (Å²) in [7, 11) is -5.71. The first-order valence-electron chi connectivity index (χ1n) is 10.3. The summed E-state index contributed by atoms with van der Waals surface area (Å²) in [6.07, 6.45) is 2.34. The highest BCUT2D eigenvalue weighted by atomic mass is 32.2. The van der Waals surface area contributed by atoms with E-state index in [1.807, 2.05) is 12.1 Å². The van der Waals surface area contributed by atoms with Gasteiger partial charge in [-0.2, -0.15) is 30.9 Å². The van der Waals surface area contributed by atoms with Crippen LogP contribution in [0, 0.1) is 0 Å².